The summed E-state index contributed by atoms with van der Waals surface area (Å²) in [4.78, 5) is 3.86. The Kier molecular flexibility index (Phi) is 4.74. The second-order valence-electron chi connectivity index (χ2n) is 3.91. The molecule has 0 amide bonds. The maximum Gasteiger partial charge on any atom is 0.213 e. The van der Waals surface area contributed by atoms with Gasteiger partial charge in [-0.15, -0.1) is 0 Å². The summed E-state index contributed by atoms with van der Waals surface area (Å²) in [5, 5.41) is 12.9. The Morgan fingerprint density at radius 3 is 2.89 bits per heavy atom. The quantitative estimate of drug-likeness (QED) is 0.823. The van der Waals surface area contributed by atoms with E-state index in [2.05, 4.69) is 14.7 Å². The standard InChI is InChI=1S/C13H16N2O4/c1-2-5-17-11-4-3-10(7-16)12(6-11)18-8-13-14-9-19-15-13/h3-4,6,9,16H,2,5,7-8H2,1H3. The lowest BCUT2D eigenvalue weighted by atomic mass is 10.2. The highest BCUT2D eigenvalue weighted by molar-refractivity contribution is 5.40. The van der Waals surface area contributed by atoms with Crippen LogP contribution >= 0.6 is 0 Å². The molecular formula is C13H16N2O4. The molecule has 2 aromatic rings. The van der Waals surface area contributed by atoms with Gasteiger partial charge in [0.05, 0.1) is 13.2 Å². The predicted octanol–water partition coefficient (Wildman–Crippen LogP) is 1.93. The van der Waals surface area contributed by atoms with Crippen molar-refractivity contribution in [3.8, 4) is 11.5 Å². The first-order valence-electron chi connectivity index (χ1n) is 6.08. The third-order valence-corrected chi connectivity index (χ3v) is 2.45. The molecule has 0 saturated carbocycles. The molecule has 0 aliphatic heterocycles. The van der Waals surface area contributed by atoms with Gasteiger partial charge in [0.2, 0.25) is 12.2 Å². The van der Waals surface area contributed by atoms with Crippen molar-refractivity contribution in [1.29, 1.82) is 0 Å². The largest absolute Gasteiger partial charge is 0.493 e. The number of hydrogen-bond acceptors (Lipinski definition) is 6. The van der Waals surface area contributed by atoms with E-state index in [0.29, 0.717) is 29.5 Å². The van der Waals surface area contributed by atoms with E-state index in [1.54, 1.807) is 12.1 Å². The third-order valence-electron chi connectivity index (χ3n) is 2.45. The molecule has 6 nitrogen and oxygen atoms in total. The Balaban J connectivity index is 2.07. The van der Waals surface area contributed by atoms with E-state index in [4.69, 9.17) is 9.47 Å². The molecule has 0 bridgehead atoms. The highest BCUT2D eigenvalue weighted by Gasteiger charge is 2.07. The van der Waals surface area contributed by atoms with E-state index < -0.39 is 0 Å². The molecule has 1 heterocycles. The van der Waals surface area contributed by atoms with Crippen LogP contribution in [0.3, 0.4) is 0 Å². The minimum atomic E-state index is -0.102. The van der Waals surface area contributed by atoms with Gasteiger partial charge in [-0.3, -0.25) is 0 Å². The predicted molar refractivity (Wildman–Crippen MR) is 66.8 cm³/mol. The van der Waals surface area contributed by atoms with Gasteiger partial charge in [0.15, 0.2) is 6.61 Å². The molecular weight excluding hydrogens is 248 g/mol. The van der Waals surface area contributed by atoms with Crippen molar-refractivity contribution in [1.82, 2.24) is 10.1 Å². The first-order valence-corrected chi connectivity index (χ1v) is 6.08. The van der Waals surface area contributed by atoms with E-state index >= 15 is 0 Å². The molecule has 1 aromatic carbocycles. The molecule has 0 radical (unpaired) electrons. The highest BCUT2D eigenvalue weighted by atomic mass is 16.5. The second kappa shape index (κ2) is 6.75. The van der Waals surface area contributed by atoms with E-state index in [1.165, 1.54) is 6.39 Å². The summed E-state index contributed by atoms with van der Waals surface area (Å²) in [6, 6.07) is 5.33. The topological polar surface area (TPSA) is 77.6 Å². The Morgan fingerprint density at radius 2 is 2.21 bits per heavy atom. The van der Waals surface area contributed by atoms with Crippen molar-refractivity contribution in [3.05, 3.63) is 36.0 Å². The van der Waals surface area contributed by atoms with E-state index in [1.807, 2.05) is 13.0 Å². The van der Waals surface area contributed by atoms with E-state index in [0.717, 1.165) is 6.42 Å². The molecule has 2 rings (SSSR count). The fraction of sp³-hybridized carbons (Fsp3) is 0.385. The van der Waals surface area contributed by atoms with Crippen LogP contribution in [0.1, 0.15) is 24.7 Å². The Morgan fingerprint density at radius 1 is 1.32 bits per heavy atom. The molecule has 1 N–H and O–H groups in total. The number of hydrogen-bond donors (Lipinski definition) is 1. The summed E-state index contributed by atoms with van der Waals surface area (Å²) >= 11 is 0. The van der Waals surface area contributed by atoms with Gasteiger partial charge in [0, 0.05) is 11.6 Å². The summed E-state index contributed by atoms with van der Waals surface area (Å²) < 4.78 is 15.7. The molecule has 0 unspecified atom stereocenters. The van der Waals surface area contributed by atoms with Crippen LogP contribution in [0.2, 0.25) is 0 Å². The molecule has 102 valence electrons. The lowest BCUT2D eigenvalue weighted by molar-refractivity contribution is 0.250. The minimum absolute atomic E-state index is 0.102. The summed E-state index contributed by atoms with van der Waals surface area (Å²) in [6.45, 7) is 2.76. The number of aliphatic hydroxyl groups is 1. The van der Waals surface area contributed by atoms with E-state index in [-0.39, 0.29) is 13.2 Å². The number of aliphatic hydroxyl groups excluding tert-OH is 1. The monoisotopic (exact) mass is 264 g/mol. The third kappa shape index (κ3) is 3.69. The summed E-state index contributed by atoms with van der Waals surface area (Å²) in [5.74, 6) is 1.71. The molecule has 1 aromatic heterocycles. The van der Waals surface area contributed by atoms with Crippen LogP contribution in [-0.4, -0.2) is 21.9 Å². The Hall–Kier alpha value is -2.08. The minimum Gasteiger partial charge on any atom is -0.493 e. The number of ether oxygens (including phenoxy) is 2. The Labute approximate surface area is 111 Å². The van der Waals surface area contributed by atoms with Gasteiger partial charge in [-0.25, -0.2) is 0 Å². The van der Waals surface area contributed by atoms with Crippen LogP contribution in [-0.2, 0) is 13.2 Å². The number of rotatable bonds is 7. The zero-order valence-electron chi connectivity index (χ0n) is 10.7. The summed E-state index contributed by atoms with van der Waals surface area (Å²) in [5.41, 5.74) is 0.687. The number of benzene rings is 1. The average Bonchev–Trinajstić information content (AvgIpc) is 2.96. The van der Waals surface area contributed by atoms with Crippen molar-refractivity contribution in [2.24, 2.45) is 0 Å². The van der Waals surface area contributed by atoms with Gasteiger partial charge in [0.25, 0.3) is 0 Å². The molecule has 19 heavy (non-hydrogen) atoms. The van der Waals surface area contributed by atoms with Crippen LogP contribution in [0.15, 0.2) is 29.1 Å². The van der Waals surface area contributed by atoms with Gasteiger partial charge in [-0.2, -0.15) is 4.98 Å². The van der Waals surface area contributed by atoms with Gasteiger partial charge in [-0.05, 0) is 18.6 Å². The van der Waals surface area contributed by atoms with E-state index in [9.17, 15) is 5.11 Å². The van der Waals surface area contributed by atoms with Crippen molar-refractivity contribution < 1.29 is 19.1 Å². The smallest absolute Gasteiger partial charge is 0.213 e. The van der Waals surface area contributed by atoms with Crippen molar-refractivity contribution in [2.75, 3.05) is 6.61 Å². The lowest BCUT2D eigenvalue weighted by Crippen LogP contribution is -2.02. The maximum atomic E-state index is 9.27. The molecule has 0 spiro atoms. The molecule has 0 aliphatic carbocycles. The molecule has 6 heteroatoms. The van der Waals surface area contributed by atoms with Gasteiger partial charge in [0.1, 0.15) is 11.5 Å². The zero-order chi connectivity index (χ0) is 13.5. The first kappa shape index (κ1) is 13.4. The first-order chi connectivity index (χ1) is 9.33. The lowest BCUT2D eigenvalue weighted by Gasteiger charge is -2.11. The molecule has 0 atom stereocenters. The maximum absolute atomic E-state index is 9.27. The second-order valence-corrected chi connectivity index (χ2v) is 3.91. The summed E-state index contributed by atoms with van der Waals surface area (Å²) in [7, 11) is 0. The highest BCUT2D eigenvalue weighted by Crippen LogP contribution is 2.25. The molecule has 0 saturated heterocycles. The van der Waals surface area contributed by atoms with Gasteiger partial charge in [-0.1, -0.05) is 12.1 Å². The van der Waals surface area contributed by atoms with Crippen molar-refractivity contribution in [3.63, 3.8) is 0 Å². The number of aromatic nitrogens is 2. The van der Waals surface area contributed by atoms with Crippen LogP contribution in [0.4, 0.5) is 0 Å². The van der Waals surface area contributed by atoms with Crippen molar-refractivity contribution >= 4 is 0 Å². The van der Waals surface area contributed by atoms with Gasteiger partial charge >= 0.3 is 0 Å². The Bertz CT molecular complexity index is 499. The fourth-order valence-corrected chi connectivity index (χ4v) is 1.51. The number of nitrogens with zero attached hydrogens (tertiary/aromatic N) is 2. The van der Waals surface area contributed by atoms with Crippen molar-refractivity contribution in [2.45, 2.75) is 26.6 Å². The molecule has 0 aliphatic rings. The van der Waals surface area contributed by atoms with Crippen LogP contribution < -0.4 is 9.47 Å². The zero-order valence-corrected chi connectivity index (χ0v) is 10.7. The van der Waals surface area contributed by atoms with Crippen LogP contribution in [0.25, 0.3) is 0 Å². The van der Waals surface area contributed by atoms with Gasteiger partial charge < -0.3 is 19.1 Å². The van der Waals surface area contributed by atoms with Crippen LogP contribution in [0, 0.1) is 0 Å². The average molecular weight is 264 g/mol. The fourth-order valence-electron chi connectivity index (χ4n) is 1.51. The summed E-state index contributed by atoms with van der Waals surface area (Å²) in [6.07, 6.45) is 2.17. The normalized spacial score (nSPS) is 10.4. The van der Waals surface area contributed by atoms with Crippen LogP contribution in [0.5, 0.6) is 11.5 Å². The SMILES string of the molecule is CCCOc1ccc(CO)c(OCc2ncon2)c1. The molecule has 0 fully saturated rings.